The van der Waals surface area contributed by atoms with Gasteiger partial charge in [0.15, 0.2) is 5.76 Å². The molecular weight excluding hydrogens is 304 g/mol. The van der Waals surface area contributed by atoms with Gasteiger partial charge in [-0.25, -0.2) is 0 Å². The van der Waals surface area contributed by atoms with Crippen LogP contribution in [0, 0.1) is 0 Å². The van der Waals surface area contributed by atoms with E-state index in [-0.39, 0.29) is 24.4 Å². The van der Waals surface area contributed by atoms with Crippen LogP contribution in [0.2, 0.25) is 0 Å². The topological polar surface area (TPSA) is 63.5 Å². The van der Waals surface area contributed by atoms with Gasteiger partial charge in [-0.05, 0) is 25.5 Å². The van der Waals surface area contributed by atoms with Crippen molar-refractivity contribution >= 4 is 29.3 Å². The molecule has 0 unspecified atom stereocenters. The fraction of sp³-hybridized carbons (Fsp3) is 0.438. The minimum atomic E-state index is -0.160. The maximum Gasteiger partial charge on any atom is 0.287 e. The zero-order chi connectivity index (χ0) is 14.7. The van der Waals surface area contributed by atoms with E-state index in [0.717, 1.165) is 42.5 Å². The normalized spacial score (nSPS) is 18.0. The van der Waals surface area contributed by atoms with Crippen LogP contribution in [0.5, 0.6) is 0 Å². The smallest absolute Gasteiger partial charge is 0.287 e. The molecule has 1 aliphatic heterocycles. The number of carbonyl (C=O) groups is 1. The standard InChI is InChI=1S/C16H20N2O3.ClH/c1-20-10-13-12-6-2-3-7-14(12)21-15(13)16(19)18-11-5-4-8-17-9-11;/h2-3,6-7,11,17H,4-5,8-10H2,1H3,(H,18,19);1H/t11-;/m0./s1. The number of piperidine rings is 1. The van der Waals surface area contributed by atoms with E-state index in [4.69, 9.17) is 9.15 Å². The van der Waals surface area contributed by atoms with Gasteiger partial charge in [-0.3, -0.25) is 4.79 Å². The Kier molecular flexibility index (Phi) is 5.83. The average molecular weight is 325 g/mol. The highest BCUT2D eigenvalue weighted by Gasteiger charge is 2.23. The van der Waals surface area contributed by atoms with Crippen LogP contribution < -0.4 is 10.6 Å². The van der Waals surface area contributed by atoms with E-state index in [1.54, 1.807) is 7.11 Å². The first kappa shape index (κ1) is 16.8. The molecular formula is C16H21ClN2O3. The van der Waals surface area contributed by atoms with Gasteiger partial charge < -0.3 is 19.8 Å². The van der Waals surface area contributed by atoms with Gasteiger partial charge in [0.05, 0.1) is 6.61 Å². The van der Waals surface area contributed by atoms with Gasteiger partial charge in [0.2, 0.25) is 0 Å². The summed E-state index contributed by atoms with van der Waals surface area (Å²) < 4.78 is 11.0. The molecule has 1 aromatic carbocycles. The van der Waals surface area contributed by atoms with Crippen LogP contribution >= 0.6 is 12.4 Å². The summed E-state index contributed by atoms with van der Waals surface area (Å²) in [5.41, 5.74) is 1.53. The minimum Gasteiger partial charge on any atom is -0.451 e. The summed E-state index contributed by atoms with van der Waals surface area (Å²) in [5, 5.41) is 7.27. The van der Waals surface area contributed by atoms with Crippen LogP contribution in [0.25, 0.3) is 11.0 Å². The van der Waals surface area contributed by atoms with Gasteiger partial charge >= 0.3 is 0 Å². The molecule has 1 amide bonds. The van der Waals surface area contributed by atoms with E-state index in [9.17, 15) is 4.79 Å². The van der Waals surface area contributed by atoms with E-state index in [1.807, 2.05) is 24.3 Å². The molecule has 5 nitrogen and oxygen atoms in total. The van der Waals surface area contributed by atoms with Gasteiger partial charge in [-0.15, -0.1) is 12.4 Å². The van der Waals surface area contributed by atoms with Crippen molar-refractivity contribution in [3.63, 3.8) is 0 Å². The van der Waals surface area contributed by atoms with E-state index in [2.05, 4.69) is 10.6 Å². The molecule has 120 valence electrons. The summed E-state index contributed by atoms with van der Waals surface area (Å²) in [6.07, 6.45) is 2.08. The number of carbonyl (C=O) groups excluding carboxylic acids is 1. The van der Waals surface area contributed by atoms with E-state index in [1.165, 1.54) is 0 Å². The number of furan rings is 1. The molecule has 22 heavy (non-hydrogen) atoms. The van der Waals surface area contributed by atoms with Crippen molar-refractivity contribution < 1.29 is 13.9 Å². The van der Waals surface area contributed by atoms with Crippen molar-refractivity contribution in [3.8, 4) is 0 Å². The van der Waals surface area contributed by atoms with Gasteiger partial charge in [0, 0.05) is 30.6 Å². The van der Waals surface area contributed by atoms with Gasteiger partial charge in [-0.2, -0.15) is 0 Å². The van der Waals surface area contributed by atoms with Gasteiger partial charge in [-0.1, -0.05) is 18.2 Å². The zero-order valence-electron chi connectivity index (χ0n) is 12.6. The van der Waals surface area contributed by atoms with Crippen molar-refractivity contribution in [1.82, 2.24) is 10.6 Å². The average Bonchev–Trinajstić information content (AvgIpc) is 2.88. The highest BCUT2D eigenvalue weighted by atomic mass is 35.5. The summed E-state index contributed by atoms with van der Waals surface area (Å²) in [4.78, 5) is 12.5. The quantitative estimate of drug-likeness (QED) is 0.907. The molecule has 0 spiro atoms. The molecule has 2 heterocycles. The van der Waals surface area contributed by atoms with E-state index < -0.39 is 0 Å². The molecule has 3 rings (SSSR count). The Morgan fingerprint density at radius 1 is 1.45 bits per heavy atom. The van der Waals surface area contributed by atoms with E-state index in [0.29, 0.717) is 12.4 Å². The fourth-order valence-corrected chi connectivity index (χ4v) is 2.80. The van der Waals surface area contributed by atoms with Crippen molar-refractivity contribution in [1.29, 1.82) is 0 Å². The first-order valence-corrected chi connectivity index (χ1v) is 7.30. The predicted octanol–water partition coefficient (Wildman–Crippen LogP) is 2.48. The van der Waals surface area contributed by atoms with E-state index >= 15 is 0 Å². The molecule has 1 fully saturated rings. The number of halogens is 1. The van der Waals surface area contributed by atoms with Crippen LogP contribution in [0.4, 0.5) is 0 Å². The molecule has 1 aliphatic rings. The molecule has 0 aliphatic carbocycles. The number of fused-ring (bicyclic) bond motifs is 1. The van der Waals surface area contributed by atoms with Crippen molar-refractivity contribution in [2.75, 3.05) is 20.2 Å². The fourth-order valence-electron chi connectivity index (χ4n) is 2.80. The number of amides is 1. The number of benzene rings is 1. The zero-order valence-corrected chi connectivity index (χ0v) is 13.4. The first-order valence-electron chi connectivity index (χ1n) is 7.30. The van der Waals surface area contributed by atoms with Crippen molar-refractivity contribution in [2.45, 2.75) is 25.5 Å². The number of nitrogens with one attached hydrogen (secondary N) is 2. The molecule has 0 bridgehead atoms. The van der Waals surface area contributed by atoms with Gasteiger partial charge in [0.1, 0.15) is 5.58 Å². The maximum atomic E-state index is 12.5. The van der Waals surface area contributed by atoms with Crippen LogP contribution in [-0.2, 0) is 11.3 Å². The third-order valence-corrected chi connectivity index (χ3v) is 3.83. The summed E-state index contributed by atoms with van der Waals surface area (Å²) in [6, 6.07) is 7.81. The lowest BCUT2D eigenvalue weighted by atomic mass is 10.1. The second-order valence-corrected chi connectivity index (χ2v) is 5.36. The third-order valence-electron chi connectivity index (χ3n) is 3.83. The SMILES string of the molecule is COCc1c(C(=O)N[C@H]2CCCNC2)oc2ccccc12.Cl. The number of ether oxygens (including phenoxy) is 1. The number of rotatable bonds is 4. The van der Waals surface area contributed by atoms with Crippen molar-refractivity contribution in [3.05, 3.63) is 35.6 Å². The number of hydrogen-bond donors (Lipinski definition) is 2. The molecule has 2 N–H and O–H groups in total. The lowest BCUT2D eigenvalue weighted by Gasteiger charge is -2.23. The molecule has 1 saturated heterocycles. The number of methoxy groups -OCH3 is 1. The molecule has 1 aromatic heterocycles. The lowest BCUT2D eigenvalue weighted by Crippen LogP contribution is -2.45. The number of para-hydroxylation sites is 1. The van der Waals surface area contributed by atoms with Crippen LogP contribution in [0.1, 0.15) is 29.0 Å². The molecule has 1 atom stereocenters. The Hall–Kier alpha value is -1.56. The van der Waals surface area contributed by atoms with Crippen LogP contribution in [0.3, 0.4) is 0 Å². The molecule has 0 radical (unpaired) electrons. The van der Waals surface area contributed by atoms with Crippen LogP contribution in [-0.4, -0.2) is 32.1 Å². The number of hydrogen-bond acceptors (Lipinski definition) is 4. The summed E-state index contributed by atoms with van der Waals surface area (Å²) in [5.74, 6) is 0.204. The minimum absolute atomic E-state index is 0. The highest BCUT2D eigenvalue weighted by Crippen LogP contribution is 2.26. The highest BCUT2D eigenvalue weighted by molar-refractivity contribution is 5.99. The Morgan fingerprint density at radius 2 is 2.27 bits per heavy atom. The Labute approximate surface area is 135 Å². The Balaban J connectivity index is 0.00000176. The summed E-state index contributed by atoms with van der Waals surface area (Å²) >= 11 is 0. The molecule has 2 aromatic rings. The summed E-state index contributed by atoms with van der Waals surface area (Å²) in [6.45, 7) is 2.19. The summed E-state index contributed by atoms with van der Waals surface area (Å²) in [7, 11) is 1.62. The molecule has 0 saturated carbocycles. The second-order valence-electron chi connectivity index (χ2n) is 5.36. The van der Waals surface area contributed by atoms with Crippen molar-refractivity contribution in [2.24, 2.45) is 0 Å². The third kappa shape index (κ3) is 3.43. The largest absolute Gasteiger partial charge is 0.451 e. The Bertz CT molecular complexity index is 635. The first-order chi connectivity index (χ1) is 10.3. The molecule has 6 heteroatoms. The monoisotopic (exact) mass is 324 g/mol. The van der Waals surface area contributed by atoms with Gasteiger partial charge in [0.25, 0.3) is 5.91 Å². The Morgan fingerprint density at radius 3 is 3.00 bits per heavy atom. The lowest BCUT2D eigenvalue weighted by molar-refractivity contribution is 0.0898. The second kappa shape index (κ2) is 7.63. The maximum absolute atomic E-state index is 12.5. The predicted molar refractivity (Wildman–Crippen MR) is 87.5 cm³/mol. The van der Waals surface area contributed by atoms with Crippen LogP contribution in [0.15, 0.2) is 28.7 Å².